The van der Waals surface area contributed by atoms with Crippen LogP contribution in [0.4, 0.5) is 0 Å². The Morgan fingerprint density at radius 3 is 2.64 bits per heavy atom. The Balaban J connectivity index is 1.49. The smallest absolute Gasteiger partial charge is 0.343 e. The molecular weight excluding hydrogens is 428 g/mol. The van der Waals surface area contributed by atoms with Crippen molar-refractivity contribution >= 4 is 11.9 Å². The van der Waals surface area contributed by atoms with E-state index in [0.717, 1.165) is 5.56 Å². The molecule has 33 heavy (non-hydrogen) atoms. The molecule has 9 heteroatoms. The molecule has 0 spiro atoms. The van der Waals surface area contributed by atoms with Crippen molar-refractivity contribution in [2.75, 3.05) is 27.0 Å². The van der Waals surface area contributed by atoms with Gasteiger partial charge in [-0.1, -0.05) is 6.07 Å². The average molecular weight is 456 g/mol. The van der Waals surface area contributed by atoms with Crippen LogP contribution in [0.3, 0.4) is 0 Å². The highest BCUT2D eigenvalue weighted by Crippen LogP contribution is 2.33. The van der Waals surface area contributed by atoms with E-state index in [9.17, 15) is 14.4 Å². The van der Waals surface area contributed by atoms with Crippen LogP contribution in [-0.2, 0) is 28.9 Å². The molecule has 2 aromatic rings. The highest BCUT2D eigenvalue weighted by Gasteiger charge is 2.27. The van der Waals surface area contributed by atoms with Crippen molar-refractivity contribution in [3.63, 3.8) is 0 Å². The Morgan fingerprint density at radius 2 is 1.88 bits per heavy atom. The number of benzene rings is 1. The van der Waals surface area contributed by atoms with Crippen LogP contribution in [0.2, 0.25) is 0 Å². The van der Waals surface area contributed by atoms with E-state index in [0.29, 0.717) is 56.1 Å². The highest BCUT2D eigenvalue weighted by atomic mass is 16.7. The molecule has 2 aliphatic rings. The predicted octanol–water partition coefficient (Wildman–Crippen LogP) is 2.17. The number of esters is 1. The first-order valence-electron chi connectivity index (χ1n) is 11.1. The number of ether oxygens (including phenoxy) is 4. The Morgan fingerprint density at radius 1 is 1.09 bits per heavy atom. The van der Waals surface area contributed by atoms with Crippen LogP contribution in [0.5, 0.6) is 17.2 Å². The number of methoxy groups -OCH3 is 1. The fourth-order valence-corrected chi connectivity index (χ4v) is 4.17. The van der Waals surface area contributed by atoms with E-state index in [1.807, 2.05) is 32.0 Å². The highest BCUT2D eigenvalue weighted by molar-refractivity contribution is 5.93. The van der Waals surface area contributed by atoms with Crippen molar-refractivity contribution in [1.82, 2.24) is 9.47 Å². The molecule has 4 rings (SSSR count). The number of carbonyl (C=O) groups is 2. The third kappa shape index (κ3) is 4.81. The minimum Gasteiger partial charge on any atom is -0.490 e. The van der Waals surface area contributed by atoms with Crippen LogP contribution in [0.1, 0.15) is 41.9 Å². The molecule has 0 aliphatic carbocycles. The van der Waals surface area contributed by atoms with Gasteiger partial charge in [0.2, 0.25) is 12.7 Å². The average Bonchev–Trinajstić information content (AvgIpc) is 3.14. The molecule has 0 saturated heterocycles. The third-order valence-corrected chi connectivity index (χ3v) is 5.76. The first kappa shape index (κ1) is 22.7. The Kier molecular flexibility index (Phi) is 6.57. The third-order valence-electron chi connectivity index (χ3n) is 5.76. The van der Waals surface area contributed by atoms with Crippen molar-refractivity contribution in [2.45, 2.75) is 45.8 Å². The van der Waals surface area contributed by atoms with Gasteiger partial charge in [0, 0.05) is 44.2 Å². The molecule has 0 unspecified atom stereocenters. The molecule has 0 bridgehead atoms. The second-order valence-electron chi connectivity index (χ2n) is 8.30. The molecule has 2 aliphatic heterocycles. The number of fused-ring (bicyclic) bond motifs is 2. The summed E-state index contributed by atoms with van der Waals surface area (Å²) >= 11 is 0. The number of pyridine rings is 1. The normalized spacial score (nSPS) is 14.6. The molecule has 9 nitrogen and oxygen atoms in total. The molecule has 1 aromatic carbocycles. The number of aromatic nitrogens is 1. The maximum Gasteiger partial charge on any atom is 0.343 e. The van der Waals surface area contributed by atoms with Gasteiger partial charge in [-0.05, 0) is 38.0 Å². The number of rotatable bonds is 6. The lowest BCUT2D eigenvalue weighted by Gasteiger charge is -2.20. The molecule has 1 aromatic heterocycles. The molecule has 3 heterocycles. The molecule has 0 saturated carbocycles. The minimum atomic E-state index is -0.558. The van der Waals surface area contributed by atoms with Gasteiger partial charge in [0.05, 0.1) is 13.2 Å². The summed E-state index contributed by atoms with van der Waals surface area (Å²) in [6, 6.07) is 7.00. The summed E-state index contributed by atoms with van der Waals surface area (Å²) in [7, 11) is 1.30. The molecular formula is C24H28N2O7. The van der Waals surface area contributed by atoms with E-state index in [-0.39, 0.29) is 35.7 Å². The second kappa shape index (κ2) is 9.56. The lowest BCUT2D eigenvalue weighted by molar-refractivity contribution is -0.131. The topological polar surface area (TPSA) is 96.3 Å². The number of nitrogens with zero attached hydrogens (tertiary/aromatic N) is 2. The second-order valence-corrected chi connectivity index (χ2v) is 8.30. The summed E-state index contributed by atoms with van der Waals surface area (Å²) in [5, 5.41) is 0. The zero-order valence-electron chi connectivity index (χ0n) is 19.1. The van der Waals surface area contributed by atoms with E-state index in [1.165, 1.54) is 13.2 Å². The van der Waals surface area contributed by atoms with Crippen LogP contribution < -0.4 is 19.8 Å². The Hall–Kier alpha value is -3.49. The molecule has 0 fully saturated rings. The zero-order chi connectivity index (χ0) is 23.5. The van der Waals surface area contributed by atoms with Crippen LogP contribution in [0.15, 0.2) is 29.1 Å². The van der Waals surface area contributed by atoms with E-state index < -0.39 is 5.97 Å². The lowest BCUT2D eigenvalue weighted by Crippen LogP contribution is -2.34. The van der Waals surface area contributed by atoms with Gasteiger partial charge in [-0.25, -0.2) is 4.79 Å². The number of aryl methyl sites for hydroxylation is 1. The van der Waals surface area contributed by atoms with E-state index in [2.05, 4.69) is 0 Å². The predicted molar refractivity (Wildman–Crippen MR) is 119 cm³/mol. The first-order valence-corrected chi connectivity index (χ1v) is 11.1. The Labute approximate surface area is 191 Å². The van der Waals surface area contributed by atoms with Crippen molar-refractivity contribution in [2.24, 2.45) is 0 Å². The summed E-state index contributed by atoms with van der Waals surface area (Å²) in [4.78, 5) is 40.0. The number of amides is 1. The summed E-state index contributed by atoms with van der Waals surface area (Å²) in [5.74, 6) is 1.06. The Bertz CT molecular complexity index is 1120. The number of hydrogen-bond acceptors (Lipinski definition) is 7. The van der Waals surface area contributed by atoms with E-state index in [4.69, 9.17) is 18.9 Å². The fourth-order valence-electron chi connectivity index (χ4n) is 4.17. The summed E-state index contributed by atoms with van der Waals surface area (Å²) in [5.41, 5.74) is 1.52. The van der Waals surface area contributed by atoms with Crippen LogP contribution >= 0.6 is 0 Å². The number of hydrogen-bond donors (Lipinski definition) is 0. The summed E-state index contributed by atoms with van der Waals surface area (Å²) < 4.78 is 23.0. The van der Waals surface area contributed by atoms with Crippen LogP contribution in [0, 0.1) is 0 Å². The van der Waals surface area contributed by atoms with Gasteiger partial charge in [0.1, 0.15) is 11.3 Å². The van der Waals surface area contributed by atoms with Gasteiger partial charge in [0.15, 0.2) is 11.5 Å². The molecule has 1 amide bonds. The van der Waals surface area contributed by atoms with Crippen LogP contribution in [0.25, 0.3) is 0 Å². The molecule has 0 N–H and O–H groups in total. The van der Waals surface area contributed by atoms with Crippen molar-refractivity contribution in [3.8, 4) is 17.2 Å². The van der Waals surface area contributed by atoms with Gasteiger partial charge < -0.3 is 28.4 Å². The molecule has 176 valence electrons. The fraction of sp³-hybridized carbons (Fsp3) is 0.458. The van der Waals surface area contributed by atoms with E-state index >= 15 is 0 Å². The van der Waals surface area contributed by atoms with Gasteiger partial charge in [-0.15, -0.1) is 0 Å². The van der Waals surface area contributed by atoms with Crippen molar-refractivity contribution in [3.05, 3.63) is 51.4 Å². The van der Waals surface area contributed by atoms with Crippen LogP contribution in [-0.4, -0.2) is 54.4 Å². The van der Waals surface area contributed by atoms with Gasteiger partial charge in [-0.2, -0.15) is 0 Å². The van der Waals surface area contributed by atoms with Gasteiger partial charge in [-0.3, -0.25) is 9.59 Å². The molecule has 0 atom stereocenters. The minimum absolute atomic E-state index is 0.00760. The lowest BCUT2D eigenvalue weighted by atomic mass is 10.1. The SMILES string of the molecule is COC(=O)c1c(OC(C)C)cc(=O)n2c1CCN(C(=O)CCc1ccc3c(c1)OCO3)CC2. The quantitative estimate of drug-likeness (QED) is 0.615. The summed E-state index contributed by atoms with van der Waals surface area (Å²) in [6.07, 6.45) is 1.04. The monoisotopic (exact) mass is 456 g/mol. The maximum atomic E-state index is 12.9. The molecule has 0 radical (unpaired) electrons. The largest absolute Gasteiger partial charge is 0.490 e. The van der Waals surface area contributed by atoms with Gasteiger partial charge >= 0.3 is 5.97 Å². The maximum absolute atomic E-state index is 12.9. The number of carbonyl (C=O) groups excluding carboxylic acids is 2. The van der Waals surface area contributed by atoms with Crippen molar-refractivity contribution < 1.29 is 28.5 Å². The summed E-state index contributed by atoms with van der Waals surface area (Å²) in [6.45, 7) is 4.95. The van der Waals surface area contributed by atoms with Gasteiger partial charge in [0.25, 0.3) is 5.56 Å². The first-order chi connectivity index (χ1) is 15.9. The zero-order valence-corrected chi connectivity index (χ0v) is 19.1. The van der Waals surface area contributed by atoms with Crippen molar-refractivity contribution in [1.29, 1.82) is 0 Å². The van der Waals surface area contributed by atoms with E-state index in [1.54, 1.807) is 9.47 Å². The standard InChI is InChI=1S/C24H28N2O7/c1-15(2)33-20-13-22(28)26-11-10-25(9-8-17(26)23(20)24(29)30-3)21(27)7-5-16-4-6-18-19(12-16)32-14-31-18/h4,6,12-13,15H,5,7-11,14H2,1-3H3.